The van der Waals surface area contributed by atoms with Gasteiger partial charge in [-0.05, 0) is 83.5 Å². The van der Waals surface area contributed by atoms with E-state index >= 15 is 0 Å². The normalized spacial score (nSPS) is 12.8. The summed E-state index contributed by atoms with van der Waals surface area (Å²) in [4.78, 5) is 24.5. The fourth-order valence-electron chi connectivity index (χ4n) is 9.74. The van der Waals surface area contributed by atoms with Crippen molar-refractivity contribution in [1.82, 2.24) is 5.32 Å². The second-order valence-corrected chi connectivity index (χ2v) is 21.7. The van der Waals surface area contributed by atoms with Gasteiger partial charge in [0.05, 0.1) is 25.4 Å². The van der Waals surface area contributed by atoms with Crippen LogP contribution in [0.4, 0.5) is 0 Å². The van der Waals surface area contributed by atoms with Crippen LogP contribution in [0, 0.1) is 0 Å². The third kappa shape index (κ3) is 57.2. The minimum absolute atomic E-state index is 0.00355. The second kappa shape index (κ2) is 60.6. The summed E-state index contributed by atoms with van der Waals surface area (Å²) in [6.07, 6.45) is 76.1. The first-order valence-corrected chi connectivity index (χ1v) is 31.8. The number of allylic oxidation sites excluding steroid dienone is 5. The minimum Gasteiger partial charge on any atom is -0.466 e. The molecule has 0 aliphatic carbocycles. The molecule has 1 amide bonds. The molecule has 0 saturated carbocycles. The highest BCUT2D eigenvalue weighted by Gasteiger charge is 2.18. The molecule has 0 heterocycles. The number of carbonyl (C=O) groups is 2. The van der Waals surface area contributed by atoms with Crippen LogP contribution in [-0.2, 0) is 14.3 Å². The van der Waals surface area contributed by atoms with Crippen molar-refractivity contribution in [2.75, 3.05) is 13.2 Å². The Morgan fingerprint density at radius 1 is 0.380 bits per heavy atom. The molecular weight excluding hydrogens is 875 g/mol. The van der Waals surface area contributed by atoms with E-state index < -0.39 is 12.1 Å². The Hall–Kier alpha value is -1.92. The molecule has 6 heteroatoms. The zero-order chi connectivity index (χ0) is 51.4. The average molecular weight is 999 g/mol. The monoisotopic (exact) mass is 998 g/mol. The van der Waals surface area contributed by atoms with Crippen molar-refractivity contribution >= 4 is 11.9 Å². The molecule has 3 N–H and O–H groups in total. The second-order valence-electron chi connectivity index (χ2n) is 21.7. The van der Waals surface area contributed by atoms with Gasteiger partial charge in [-0.1, -0.05) is 281 Å². The predicted octanol–water partition coefficient (Wildman–Crippen LogP) is 20.0. The molecule has 71 heavy (non-hydrogen) atoms. The molecule has 0 aliphatic rings. The van der Waals surface area contributed by atoms with Gasteiger partial charge in [0.15, 0.2) is 0 Å². The highest BCUT2D eigenvalue weighted by molar-refractivity contribution is 5.76. The summed E-state index contributed by atoms with van der Waals surface area (Å²) in [6.45, 7) is 4.90. The molecule has 0 saturated heterocycles. The minimum atomic E-state index is -0.851. The molecule has 0 aromatic heterocycles. The van der Waals surface area contributed by atoms with Gasteiger partial charge in [-0.2, -0.15) is 0 Å². The van der Waals surface area contributed by atoms with Crippen LogP contribution in [0.2, 0.25) is 0 Å². The molecule has 0 aliphatic heterocycles. The van der Waals surface area contributed by atoms with Gasteiger partial charge in [-0.3, -0.25) is 9.59 Å². The van der Waals surface area contributed by atoms with E-state index in [9.17, 15) is 19.8 Å². The Bertz CT molecular complexity index is 1150. The summed E-state index contributed by atoms with van der Waals surface area (Å²) >= 11 is 0. The van der Waals surface area contributed by atoms with Crippen LogP contribution in [-0.4, -0.2) is 47.4 Å². The maximum atomic E-state index is 12.5. The van der Waals surface area contributed by atoms with E-state index in [4.69, 9.17) is 4.74 Å². The lowest BCUT2D eigenvalue weighted by atomic mass is 10.0. The molecule has 0 fully saturated rings. The highest BCUT2D eigenvalue weighted by Crippen LogP contribution is 2.17. The molecule has 2 atom stereocenters. The van der Waals surface area contributed by atoms with Crippen molar-refractivity contribution in [3.05, 3.63) is 36.5 Å². The number of hydrogen-bond donors (Lipinski definition) is 3. The number of unbranched alkanes of at least 4 members (excludes halogenated alkanes) is 44. The van der Waals surface area contributed by atoms with E-state index in [1.807, 2.05) is 6.08 Å². The van der Waals surface area contributed by atoms with Gasteiger partial charge in [0.2, 0.25) is 5.91 Å². The fourth-order valence-corrected chi connectivity index (χ4v) is 9.74. The summed E-state index contributed by atoms with van der Waals surface area (Å²) in [5.74, 6) is -0.0777. The number of hydrogen-bond acceptors (Lipinski definition) is 5. The quantitative estimate of drug-likeness (QED) is 0.0321. The maximum absolute atomic E-state index is 12.5. The standard InChI is InChI=1S/C65H123NO5/c1-3-5-7-9-11-13-15-17-18-19-20-21-24-27-30-34-37-41-45-49-53-57-63(68)62(61-67)66-64(69)58-54-50-46-42-38-35-31-28-25-22-23-26-29-32-36-40-44-48-52-56-60-71-65(70)59-55-51-47-43-39-33-16-14-12-10-8-6-4-2/h14,16,22,25,53,57,62-63,67-68H,3-13,15,17-21,23-24,26-52,54-56,58-61H2,1-2H3,(H,66,69)/b16-14-,25-22-,57-53+. The first-order chi connectivity index (χ1) is 35.0. The number of aliphatic hydroxyl groups is 2. The predicted molar refractivity (Wildman–Crippen MR) is 310 cm³/mol. The van der Waals surface area contributed by atoms with Crippen molar-refractivity contribution in [2.45, 2.75) is 353 Å². The Kier molecular flexibility index (Phi) is 59.0. The molecule has 0 radical (unpaired) electrons. The number of nitrogens with one attached hydrogen (secondary N) is 1. The van der Waals surface area contributed by atoms with E-state index in [0.29, 0.717) is 19.4 Å². The van der Waals surface area contributed by atoms with Crippen LogP contribution in [0.15, 0.2) is 36.5 Å². The Balaban J connectivity index is 3.47. The number of amides is 1. The third-order valence-electron chi connectivity index (χ3n) is 14.6. The number of aliphatic hydroxyl groups excluding tert-OH is 2. The van der Waals surface area contributed by atoms with Gasteiger partial charge < -0.3 is 20.3 Å². The average Bonchev–Trinajstić information content (AvgIpc) is 3.37. The third-order valence-corrected chi connectivity index (χ3v) is 14.6. The Morgan fingerprint density at radius 2 is 0.662 bits per heavy atom. The number of carbonyl (C=O) groups excluding carboxylic acids is 2. The van der Waals surface area contributed by atoms with Crippen molar-refractivity contribution in [1.29, 1.82) is 0 Å². The van der Waals surface area contributed by atoms with Gasteiger partial charge in [-0.15, -0.1) is 0 Å². The molecule has 418 valence electrons. The Labute approximate surface area is 443 Å². The van der Waals surface area contributed by atoms with Crippen molar-refractivity contribution in [2.24, 2.45) is 0 Å². The maximum Gasteiger partial charge on any atom is 0.305 e. The summed E-state index contributed by atoms with van der Waals surface area (Å²) < 4.78 is 5.47. The molecule has 2 unspecified atom stereocenters. The molecule has 0 bridgehead atoms. The SMILES string of the molecule is CCCCCC/C=C\CCCCCCCC(=O)OCCCCCCCCCCC/C=C\CCCCCCCCCC(=O)NC(CO)C(O)/C=C/CCCCCCCCCCCCCCCCCCCCC. The van der Waals surface area contributed by atoms with Gasteiger partial charge in [0.25, 0.3) is 0 Å². The number of esters is 1. The van der Waals surface area contributed by atoms with Crippen LogP contribution >= 0.6 is 0 Å². The van der Waals surface area contributed by atoms with E-state index in [2.05, 4.69) is 43.5 Å². The van der Waals surface area contributed by atoms with Gasteiger partial charge in [0.1, 0.15) is 0 Å². The summed E-state index contributed by atoms with van der Waals surface area (Å²) in [7, 11) is 0. The molecule has 0 aromatic carbocycles. The van der Waals surface area contributed by atoms with E-state index in [0.717, 1.165) is 51.4 Å². The van der Waals surface area contributed by atoms with Gasteiger partial charge in [0, 0.05) is 12.8 Å². The molecule has 0 rings (SSSR count). The molecular formula is C65H123NO5. The topological polar surface area (TPSA) is 95.9 Å². The zero-order valence-electron chi connectivity index (χ0n) is 47.7. The van der Waals surface area contributed by atoms with Crippen molar-refractivity contribution in [3.63, 3.8) is 0 Å². The highest BCUT2D eigenvalue weighted by atomic mass is 16.5. The van der Waals surface area contributed by atoms with Crippen LogP contribution in [0.25, 0.3) is 0 Å². The first-order valence-electron chi connectivity index (χ1n) is 31.8. The molecule has 6 nitrogen and oxygen atoms in total. The van der Waals surface area contributed by atoms with Crippen LogP contribution in [0.5, 0.6) is 0 Å². The van der Waals surface area contributed by atoms with E-state index in [1.54, 1.807) is 6.08 Å². The van der Waals surface area contributed by atoms with Gasteiger partial charge in [-0.25, -0.2) is 0 Å². The smallest absolute Gasteiger partial charge is 0.305 e. The van der Waals surface area contributed by atoms with Crippen LogP contribution in [0.3, 0.4) is 0 Å². The zero-order valence-corrected chi connectivity index (χ0v) is 47.7. The summed E-state index contributed by atoms with van der Waals surface area (Å²) in [5.41, 5.74) is 0. The fraction of sp³-hybridized carbons (Fsp3) is 0.877. The number of ether oxygens (including phenoxy) is 1. The van der Waals surface area contributed by atoms with Gasteiger partial charge >= 0.3 is 5.97 Å². The largest absolute Gasteiger partial charge is 0.466 e. The van der Waals surface area contributed by atoms with E-state index in [-0.39, 0.29) is 18.5 Å². The van der Waals surface area contributed by atoms with Crippen LogP contribution < -0.4 is 5.32 Å². The lowest BCUT2D eigenvalue weighted by Crippen LogP contribution is -2.45. The lowest BCUT2D eigenvalue weighted by Gasteiger charge is -2.20. The first kappa shape index (κ1) is 69.1. The summed E-state index contributed by atoms with van der Waals surface area (Å²) in [6, 6.07) is -0.636. The van der Waals surface area contributed by atoms with Crippen LogP contribution in [0.1, 0.15) is 341 Å². The number of rotatable bonds is 59. The molecule has 0 aromatic rings. The summed E-state index contributed by atoms with van der Waals surface area (Å²) in [5, 5.41) is 23.2. The lowest BCUT2D eigenvalue weighted by molar-refractivity contribution is -0.143. The molecule has 0 spiro atoms. The van der Waals surface area contributed by atoms with Crippen molar-refractivity contribution in [3.8, 4) is 0 Å². The van der Waals surface area contributed by atoms with Crippen molar-refractivity contribution < 1.29 is 24.5 Å². The van der Waals surface area contributed by atoms with E-state index in [1.165, 1.54) is 263 Å². The Morgan fingerprint density at radius 3 is 1.01 bits per heavy atom.